The lowest BCUT2D eigenvalue weighted by molar-refractivity contribution is 0.0382. The van der Waals surface area contributed by atoms with Crippen molar-refractivity contribution in [2.45, 2.75) is 19.4 Å². The number of imidazole rings is 1. The molecule has 0 amide bonds. The summed E-state index contributed by atoms with van der Waals surface area (Å²) in [5.41, 5.74) is 0.898. The number of fused-ring (bicyclic) bond motifs is 1. The van der Waals surface area contributed by atoms with Crippen molar-refractivity contribution >= 4 is 27.4 Å². The van der Waals surface area contributed by atoms with Crippen LogP contribution in [0.2, 0.25) is 0 Å². The summed E-state index contributed by atoms with van der Waals surface area (Å²) >= 11 is 3.45. The number of rotatable bonds is 2. The number of morpholine rings is 1. The Morgan fingerprint density at radius 1 is 1.56 bits per heavy atom. The van der Waals surface area contributed by atoms with Crippen LogP contribution in [-0.2, 0) is 4.74 Å². The van der Waals surface area contributed by atoms with Gasteiger partial charge in [0.1, 0.15) is 4.60 Å². The van der Waals surface area contributed by atoms with Crippen molar-refractivity contribution in [2.24, 2.45) is 0 Å². The first kappa shape index (κ1) is 11.9. The Bertz CT molecular complexity index is 556. The average Bonchev–Trinajstić information content (AvgIpc) is 2.85. The predicted molar refractivity (Wildman–Crippen MR) is 72.9 cm³/mol. The van der Waals surface area contributed by atoms with Crippen molar-refractivity contribution in [3.63, 3.8) is 0 Å². The quantitative estimate of drug-likeness (QED) is 0.852. The molecule has 2 aromatic rings. The highest BCUT2D eigenvalue weighted by Gasteiger charge is 2.22. The third-order valence-corrected chi connectivity index (χ3v) is 3.60. The Balaban J connectivity index is 2.00. The maximum atomic E-state index is 5.69. The zero-order valence-corrected chi connectivity index (χ0v) is 11.8. The summed E-state index contributed by atoms with van der Waals surface area (Å²) in [6.07, 6.45) is 6.96. The summed E-state index contributed by atoms with van der Waals surface area (Å²) in [4.78, 5) is 11.2. The molecule has 6 heteroatoms. The first-order valence-corrected chi connectivity index (χ1v) is 6.93. The summed E-state index contributed by atoms with van der Waals surface area (Å²) < 4.78 is 8.50. The largest absolute Gasteiger partial charge is 0.375 e. The van der Waals surface area contributed by atoms with Crippen molar-refractivity contribution in [3.05, 3.63) is 23.2 Å². The zero-order valence-electron chi connectivity index (χ0n) is 10.2. The highest BCUT2D eigenvalue weighted by molar-refractivity contribution is 9.10. The zero-order chi connectivity index (χ0) is 12.5. The molecule has 1 fully saturated rings. The molecule has 0 bridgehead atoms. The molecule has 0 N–H and O–H groups in total. The van der Waals surface area contributed by atoms with Crippen LogP contribution in [0, 0.1) is 0 Å². The molecule has 1 aliphatic heterocycles. The van der Waals surface area contributed by atoms with Gasteiger partial charge in [-0.15, -0.1) is 0 Å². The third kappa shape index (κ3) is 2.10. The normalized spacial score (nSPS) is 20.6. The van der Waals surface area contributed by atoms with E-state index in [9.17, 15) is 0 Å². The van der Waals surface area contributed by atoms with Crippen LogP contribution in [0.4, 0.5) is 5.82 Å². The molecule has 1 unspecified atom stereocenters. The Morgan fingerprint density at radius 2 is 2.44 bits per heavy atom. The van der Waals surface area contributed by atoms with Crippen LogP contribution in [0.3, 0.4) is 0 Å². The Labute approximate surface area is 114 Å². The van der Waals surface area contributed by atoms with Crippen LogP contribution in [-0.4, -0.2) is 40.2 Å². The first-order valence-electron chi connectivity index (χ1n) is 6.13. The fourth-order valence-electron chi connectivity index (χ4n) is 2.26. The molecule has 96 valence electrons. The molecule has 0 radical (unpaired) electrons. The van der Waals surface area contributed by atoms with Gasteiger partial charge in [-0.05, 0) is 22.4 Å². The van der Waals surface area contributed by atoms with Gasteiger partial charge in [0.05, 0.1) is 12.7 Å². The van der Waals surface area contributed by atoms with Crippen molar-refractivity contribution in [2.75, 3.05) is 24.6 Å². The summed E-state index contributed by atoms with van der Waals surface area (Å²) in [7, 11) is 0. The van der Waals surface area contributed by atoms with Crippen LogP contribution in [0.15, 0.2) is 23.2 Å². The van der Waals surface area contributed by atoms with Gasteiger partial charge >= 0.3 is 0 Å². The van der Waals surface area contributed by atoms with Crippen molar-refractivity contribution in [1.29, 1.82) is 0 Å². The van der Waals surface area contributed by atoms with Crippen LogP contribution >= 0.6 is 15.9 Å². The molecule has 5 nitrogen and oxygen atoms in total. The van der Waals surface area contributed by atoms with Gasteiger partial charge in [-0.25, -0.2) is 9.97 Å². The van der Waals surface area contributed by atoms with E-state index in [2.05, 4.69) is 37.7 Å². The van der Waals surface area contributed by atoms with E-state index < -0.39 is 0 Å². The third-order valence-electron chi connectivity index (χ3n) is 3.22. The average molecular weight is 311 g/mol. The minimum atomic E-state index is 0.287. The van der Waals surface area contributed by atoms with Crippen LogP contribution in [0.1, 0.15) is 13.3 Å². The molecule has 18 heavy (non-hydrogen) atoms. The van der Waals surface area contributed by atoms with Gasteiger partial charge < -0.3 is 14.0 Å². The number of nitrogens with zero attached hydrogens (tertiary/aromatic N) is 4. The van der Waals surface area contributed by atoms with Gasteiger partial charge in [0.15, 0.2) is 11.5 Å². The van der Waals surface area contributed by atoms with Crippen molar-refractivity contribution < 1.29 is 4.74 Å². The lowest BCUT2D eigenvalue weighted by Gasteiger charge is -2.33. The van der Waals surface area contributed by atoms with E-state index in [0.29, 0.717) is 0 Å². The predicted octanol–water partition coefficient (Wildman–Crippen LogP) is 2.11. The summed E-state index contributed by atoms with van der Waals surface area (Å²) in [6.45, 7) is 4.64. The molecule has 0 aliphatic carbocycles. The lowest BCUT2D eigenvalue weighted by atomic mass is 10.2. The SMILES string of the molecule is CCC1CN(c2nc(Br)cn3ccnc23)CCO1. The first-order chi connectivity index (χ1) is 8.78. The fraction of sp³-hybridized carbons (Fsp3) is 0.500. The van der Waals surface area contributed by atoms with E-state index in [1.165, 1.54) is 0 Å². The maximum absolute atomic E-state index is 5.69. The van der Waals surface area contributed by atoms with E-state index in [1.54, 1.807) is 6.20 Å². The molecule has 0 aromatic carbocycles. The molecule has 0 spiro atoms. The van der Waals surface area contributed by atoms with Gasteiger partial charge in [0, 0.05) is 31.7 Å². The molecule has 2 aromatic heterocycles. The standard InChI is InChI=1S/C12H15BrN4O/c1-2-9-7-17(5-6-18-9)12-11-14-3-4-16(11)8-10(13)15-12/h3-4,8-9H,2,5-7H2,1H3. The number of hydrogen-bond acceptors (Lipinski definition) is 4. The molecular formula is C12H15BrN4O. The number of hydrogen-bond donors (Lipinski definition) is 0. The van der Waals surface area contributed by atoms with Crippen LogP contribution in [0.25, 0.3) is 5.65 Å². The molecule has 1 saturated heterocycles. The number of halogens is 1. The van der Waals surface area contributed by atoms with Crippen LogP contribution in [0.5, 0.6) is 0 Å². The Morgan fingerprint density at radius 3 is 3.28 bits per heavy atom. The molecular weight excluding hydrogens is 296 g/mol. The van der Waals surface area contributed by atoms with Crippen molar-refractivity contribution in [1.82, 2.24) is 14.4 Å². The second-order valence-corrected chi connectivity index (χ2v) is 5.20. The highest BCUT2D eigenvalue weighted by atomic mass is 79.9. The highest BCUT2D eigenvalue weighted by Crippen LogP contribution is 2.23. The van der Waals surface area contributed by atoms with Crippen LogP contribution < -0.4 is 4.90 Å². The summed E-state index contributed by atoms with van der Waals surface area (Å²) in [6, 6.07) is 0. The monoisotopic (exact) mass is 310 g/mol. The number of ether oxygens (including phenoxy) is 1. The van der Waals surface area contributed by atoms with E-state index in [-0.39, 0.29) is 6.10 Å². The van der Waals surface area contributed by atoms with E-state index in [4.69, 9.17) is 4.74 Å². The minimum absolute atomic E-state index is 0.287. The molecule has 1 atom stereocenters. The second kappa shape index (κ2) is 4.85. The summed E-state index contributed by atoms with van der Waals surface area (Å²) in [5.74, 6) is 0.927. The van der Waals surface area contributed by atoms with E-state index in [0.717, 1.165) is 42.2 Å². The number of anilines is 1. The van der Waals surface area contributed by atoms with Gasteiger partial charge in [0.2, 0.25) is 0 Å². The molecule has 1 aliphatic rings. The number of aromatic nitrogens is 3. The van der Waals surface area contributed by atoms with Crippen molar-refractivity contribution in [3.8, 4) is 0 Å². The van der Waals surface area contributed by atoms with Gasteiger partial charge in [0.25, 0.3) is 0 Å². The van der Waals surface area contributed by atoms with Gasteiger partial charge in [-0.1, -0.05) is 6.92 Å². The molecule has 3 heterocycles. The van der Waals surface area contributed by atoms with E-state index in [1.807, 2.05) is 16.8 Å². The Kier molecular flexibility index (Phi) is 3.22. The van der Waals surface area contributed by atoms with Gasteiger partial charge in [-0.2, -0.15) is 0 Å². The van der Waals surface area contributed by atoms with E-state index >= 15 is 0 Å². The second-order valence-electron chi connectivity index (χ2n) is 4.39. The smallest absolute Gasteiger partial charge is 0.180 e. The van der Waals surface area contributed by atoms with Gasteiger partial charge in [-0.3, -0.25) is 0 Å². The molecule has 3 rings (SSSR count). The molecule has 0 saturated carbocycles. The fourth-order valence-corrected chi connectivity index (χ4v) is 2.64. The minimum Gasteiger partial charge on any atom is -0.375 e. The summed E-state index contributed by atoms with van der Waals surface area (Å²) in [5, 5.41) is 0. The topological polar surface area (TPSA) is 42.7 Å². The maximum Gasteiger partial charge on any atom is 0.180 e. The lowest BCUT2D eigenvalue weighted by Crippen LogP contribution is -2.42. The Hall–Kier alpha value is -1.14.